The summed E-state index contributed by atoms with van der Waals surface area (Å²) in [5.41, 5.74) is 3.86. The molecule has 1 amide bonds. The van der Waals surface area contributed by atoms with Crippen LogP contribution in [0.15, 0.2) is 53.7 Å². The molecule has 0 radical (unpaired) electrons. The number of thioether (sulfide) groups is 1. The van der Waals surface area contributed by atoms with Crippen molar-refractivity contribution in [1.82, 2.24) is 14.9 Å². The van der Waals surface area contributed by atoms with E-state index in [1.165, 1.54) is 0 Å². The van der Waals surface area contributed by atoms with Gasteiger partial charge in [0.25, 0.3) is 5.91 Å². The van der Waals surface area contributed by atoms with Gasteiger partial charge in [-0.1, -0.05) is 30.0 Å². The van der Waals surface area contributed by atoms with E-state index < -0.39 is 0 Å². The molecule has 37 heavy (non-hydrogen) atoms. The lowest BCUT2D eigenvalue weighted by Crippen LogP contribution is -2.40. The third kappa shape index (κ3) is 7.14. The molecule has 9 heteroatoms. The minimum absolute atomic E-state index is 0.0559. The van der Waals surface area contributed by atoms with Crippen molar-refractivity contribution in [2.45, 2.75) is 24.3 Å². The first-order valence-electron chi connectivity index (χ1n) is 12.3. The SMILES string of the molecule is COc1ccc(CCN(C)c2cc(C)nc(SCc3cccc(C(=O)N4CCOCC4)c3)n2)cc1OC. The number of benzene rings is 2. The third-order valence-electron chi connectivity index (χ3n) is 6.24. The Hall–Kier alpha value is -3.30. The third-order valence-corrected chi connectivity index (χ3v) is 7.15. The van der Waals surface area contributed by atoms with Gasteiger partial charge in [0.15, 0.2) is 16.7 Å². The monoisotopic (exact) mass is 522 g/mol. The Kier molecular flexibility index (Phi) is 9.24. The van der Waals surface area contributed by atoms with Gasteiger partial charge in [-0.25, -0.2) is 9.97 Å². The number of aromatic nitrogens is 2. The minimum Gasteiger partial charge on any atom is -0.493 e. The van der Waals surface area contributed by atoms with Crippen LogP contribution in [-0.2, 0) is 16.9 Å². The molecule has 196 valence electrons. The number of rotatable bonds is 10. The second-order valence-corrected chi connectivity index (χ2v) is 9.85. The number of morpholine rings is 1. The second-order valence-electron chi connectivity index (χ2n) is 8.90. The molecule has 0 bridgehead atoms. The lowest BCUT2D eigenvalue weighted by Gasteiger charge is -2.27. The highest BCUT2D eigenvalue weighted by molar-refractivity contribution is 7.98. The van der Waals surface area contributed by atoms with Crippen molar-refractivity contribution in [3.05, 3.63) is 70.9 Å². The lowest BCUT2D eigenvalue weighted by atomic mass is 10.1. The summed E-state index contributed by atoms with van der Waals surface area (Å²) < 4.78 is 16.1. The van der Waals surface area contributed by atoms with Gasteiger partial charge >= 0.3 is 0 Å². The van der Waals surface area contributed by atoms with Crippen molar-refractivity contribution in [2.24, 2.45) is 0 Å². The Bertz CT molecular complexity index is 1220. The maximum atomic E-state index is 12.8. The smallest absolute Gasteiger partial charge is 0.254 e. The largest absolute Gasteiger partial charge is 0.493 e. The normalized spacial score (nSPS) is 13.4. The van der Waals surface area contributed by atoms with Gasteiger partial charge < -0.3 is 24.0 Å². The van der Waals surface area contributed by atoms with Crippen LogP contribution in [-0.4, -0.2) is 74.9 Å². The van der Waals surface area contributed by atoms with Crippen LogP contribution >= 0.6 is 11.8 Å². The Morgan fingerprint density at radius 1 is 1.03 bits per heavy atom. The van der Waals surface area contributed by atoms with E-state index in [-0.39, 0.29) is 5.91 Å². The van der Waals surface area contributed by atoms with Crippen LogP contribution in [0.25, 0.3) is 0 Å². The number of hydrogen-bond donors (Lipinski definition) is 0. The van der Waals surface area contributed by atoms with Gasteiger partial charge in [-0.05, 0) is 48.7 Å². The number of hydrogen-bond acceptors (Lipinski definition) is 8. The average molecular weight is 523 g/mol. The van der Waals surface area contributed by atoms with Crippen LogP contribution in [0.5, 0.6) is 11.5 Å². The molecular formula is C28H34N4O4S. The average Bonchev–Trinajstić information content (AvgIpc) is 2.94. The van der Waals surface area contributed by atoms with Crippen LogP contribution in [0.2, 0.25) is 0 Å². The Morgan fingerprint density at radius 3 is 2.57 bits per heavy atom. The van der Waals surface area contributed by atoms with Gasteiger partial charge in [0, 0.05) is 49.8 Å². The Morgan fingerprint density at radius 2 is 1.81 bits per heavy atom. The number of carbonyl (C=O) groups excluding carboxylic acids is 1. The summed E-state index contributed by atoms with van der Waals surface area (Å²) in [6.45, 7) is 5.24. The molecule has 0 aliphatic carbocycles. The van der Waals surface area contributed by atoms with Crippen molar-refractivity contribution in [2.75, 3.05) is 59.0 Å². The molecule has 4 rings (SSSR count). The predicted octanol–water partition coefficient (Wildman–Crippen LogP) is 4.25. The van der Waals surface area contributed by atoms with Gasteiger partial charge in [0.1, 0.15) is 5.82 Å². The van der Waals surface area contributed by atoms with Crippen LogP contribution in [0.4, 0.5) is 5.82 Å². The molecule has 1 aromatic heterocycles. The molecule has 0 saturated carbocycles. The van der Waals surface area contributed by atoms with Crippen LogP contribution < -0.4 is 14.4 Å². The first-order chi connectivity index (χ1) is 18.0. The fourth-order valence-corrected chi connectivity index (χ4v) is 4.97. The van der Waals surface area contributed by atoms with E-state index in [4.69, 9.17) is 19.2 Å². The van der Waals surface area contributed by atoms with E-state index in [0.717, 1.165) is 52.3 Å². The number of aryl methyl sites for hydroxylation is 1. The molecule has 2 heterocycles. The predicted molar refractivity (Wildman–Crippen MR) is 146 cm³/mol. The maximum Gasteiger partial charge on any atom is 0.254 e. The van der Waals surface area contributed by atoms with Gasteiger partial charge in [0.2, 0.25) is 0 Å². The maximum absolute atomic E-state index is 12.8. The summed E-state index contributed by atoms with van der Waals surface area (Å²) in [5.74, 6) is 3.08. The Balaban J connectivity index is 1.38. The number of amides is 1. The Labute approximate surface area is 223 Å². The molecule has 0 atom stereocenters. The molecule has 0 spiro atoms. The first kappa shape index (κ1) is 26.8. The summed E-state index contributed by atoms with van der Waals surface area (Å²) in [7, 11) is 5.33. The zero-order valence-corrected chi connectivity index (χ0v) is 22.7. The quantitative estimate of drug-likeness (QED) is 0.289. The molecule has 1 fully saturated rings. The van der Waals surface area contributed by atoms with Crippen molar-refractivity contribution in [3.8, 4) is 11.5 Å². The number of nitrogens with zero attached hydrogens (tertiary/aromatic N) is 4. The lowest BCUT2D eigenvalue weighted by molar-refractivity contribution is 0.0303. The van der Waals surface area contributed by atoms with Gasteiger partial charge in [-0.2, -0.15) is 0 Å². The summed E-state index contributed by atoms with van der Waals surface area (Å²) in [6.07, 6.45) is 0.840. The standard InChI is InChI=1S/C28H34N4O4S/c1-20-16-26(31(2)11-10-21-8-9-24(34-3)25(18-21)35-4)30-28(29-20)37-19-22-6-5-7-23(17-22)27(33)32-12-14-36-15-13-32/h5-9,16-18H,10-15,19H2,1-4H3. The van der Waals surface area contributed by atoms with E-state index in [9.17, 15) is 4.79 Å². The number of ether oxygens (including phenoxy) is 3. The van der Waals surface area contributed by atoms with Crippen LogP contribution in [0.1, 0.15) is 27.2 Å². The second kappa shape index (κ2) is 12.8. The van der Waals surface area contributed by atoms with E-state index in [1.807, 2.05) is 61.3 Å². The van der Waals surface area contributed by atoms with E-state index in [2.05, 4.69) is 16.0 Å². The van der Waals surface area contributed by atoms with Crippen LogP contribution in [0.3, 0.4) is 0 Å². The molecule has 0 unspecified atom stereocenters. The first-order valence-corrected chi connectivity index (χ1v) is 13.3. The fraction of sp³-hybridized carbons (Fsp3) is 0.393. The topological polar surface area (TPSA) is 77.0 Å². The molecule has 8 nitrogen and oxygen atoms in total. The van der Waals surface area contributed by atoms with Crippen molar-refractivity contribution >= 4 is 23.5 Å². The zero-order valence-electron chi connectivity index (χ0n) is 21.9. The molecule has 1 saturated heterocycles. The van der Waals surface area contributed by atoms with E-state index in [0.29, 0.717) is 37.6 Å². The van der Waals surface area contributed by atoms with Crippen LogP contribution in [0, 0.1) is 6.92 Å². The molecule has 3 aromatic rings. The van der Waals surface area contributed by atoms with E-state index >= 15 is 0 Å². The number of carbonyl (C=O) groups is 1. The van der Waals surface area contributed by atoms with Gasteiger partial charge in [-0.15, -0.1) is 0 Å². The van der Waals surface area contributed by atoms with Gasteiger partial charge in [-0.3, -0.25) is 4.79 Å². The highest BCUT2D eigenvalue weighted by Crippen LogP contribution is 2.28. The van der Waals surface area contributed by atoms with E-state index in [1.54, 1.807) is 26.0 Å². The fourth-order valence-electron chi connectivity index (χ4n) is 4.12. The highest BCUT2D eigenvalue weighted by atomic mass is 32.2. The molecule has 1 aliphatic rings. The summed E-state index contributed by atoms with van der Waals surface area (Å²) >= 11 is 1.57. The van der Waals surface area contributed by atoms with Crippen molar-refractivity contribution in [3.63, 3.8) is 0 Å². The van der Waals surface area contributed by atoms with Crippen molar-refractivity contribution in [1.29, 1.82) is 0 Å². The number of anilines is 1. The highest BCUT2D eigenvalue weighted by Gasteiger charge is 2.18. The zero-order chi connectivity index (χ0) is 26.2. The van der Waals surface area contributed by atoms with Gasteiger partial charge in [0.05, 0.1) is 27.4 Å². The summed E-state index contributed by atoms with van der Waals surface area (Å²) in [4.78, 5) is 26.3. The number of likely N-dealkylation sites (N-methyl/N-ethyl adjacent to an activating group) is 1. The molecule has 0 N–H and O–H groups in total. The number of methoxy groups -OCH3 is 2. The summed E-state index contributed by atoms with van der Waals surface area (Å²) in [5, 5.41) is 0.720. The molecular weight excluding hydrogens is 488 g/mol. The summed E-state index contributed by atoms with van der Waals surface area (Å²) in [6, 6.07) is 15.8. The minimum atomic E-state index is 0.0559. The van der Waals surface area contributed by atoms with Crippen molar-refractivity contribution < 1.29 is 19.0 Å². The molecule has 2 aromatic carbocycles. The molecule has 1 aliphatic heterocycles.